The molecular formula is C18H18FN3O3. The van der Waals surface area contributed by atoms with Gasteiger partial charge in [0.05, 0.1) is 20.3 Å². The molecule has 0 bridgehead atoms. The number of rotatable bonds is 5. The van der Waals surface area contributed by atoms with Crippen LogP contribution in [-0.4, -0.2) is 49.2 Å². The van der Waals surface area contributed by atoms with Gasteiger partial charge < -0.3 is 14.4 Å². The van der Waals surface area contributed by atoms with Gasteiger partial charge in [-0.15, -0.1) is 0 Å². The Hall–Kier alpha value is -2.80. The molecule has 0 aliphatic carbocycles. The van der Waals surface area contributed by atoms with Gasteiger partial charge in [0, 0.05) is 36.6 Å². The second-order valence-corrected chi connectivity index (χ2v) is 5.46. The zero-order valence-electron chi connectivity index (χ0n) is 13.8. The van der Waals surface area contributed by atoms with Crippen molar-refractivity contribution in [3.05, 3.63) is 53.6 Å². The number of hydrogen-bond acceptors (Lipinski definition) is 6. The van der Waals surface area contributed by atoms with Crippen LogP contribution in [0.3, 0.4) is 0 Å². The van der Waals surface area contributed by atoms with Crippen molar-refractivity contribution in [2.75, 3.05) is 38.3 Å². The molecule has 7 heteroatoms. The summed E-state index contributed by atoms with van der Waals surface area (Å²) in [6.07, 6.45) is 6.27. The average molecular weight is 343 g/mol. The second-order valence-electron chi connectivity index (χ2n) is 5.46. The third-order valence-electron chi connectivity index (χ3n) is 3.82. The molecule has 1 aromatic heterocycles. The summed E-state index contributed by atoms with van der Waals surface area (Å²) >= 11 is 0. The Bertz CT molecular complexity index is 772. The SMILES string of the molecule is COc1ccc(C(=O)C=Cc2cnc(N3CCOCC3)nc2)cc1F. The predicted molar refractivity (Wildman–Crippen MR) is 91.4 cm³/mol. The third-order valence-corrected chi connectivity index (χ3v) is 3.82. The number of carbonyl (C=O) groups excluding carboxylic acids is 1. The van der Waals surface area contributed by atoms with Gasteiger partial charge in [0.1, 0.15) is 0 Å². The maximum atomic E-state index is 13.7. The molecule has 0 radical (unpaired) electrons. The molecule has 2 aromatic rings. The molecule has 130 valence electrons. The number of allylic oxidation sites excluding steroid dienone is 1. The third kappa shape index (κ3) is 4.19. The number of halogens is 1. The van der Waals surface area contributed by atoms with Gasteiger partial charge in [0.2, 0.25) is 5.95 Å². The number of ketones is 1. The lowest BCUT2D eigenvalue weighted by molar-refractivity contribution is 0.104. The molecule has 1 aliphatic heterocycles. The van der Waals surface area contributed by atoms with Crippen LogP contribution in [0.4, 0.5) is 10.3 Å². The lowest BCUT2D eigenvalue weighted by Gasteiger charge is -2.26. The summed E-state index contributed by atoms with van der Waals surface area (Å²) in [6.45, 7) is 2.85. The van der Waals surface area contributed by atoms with Crippen molar-refractivity contribution in [3.8, 4) is 5.75 Å². The molecule has 1 fully saturated rings. The van der Waals surface area contributed by atoms with Crippen molar-refractivity contribution in [1.82, 2.24) is 9.97 Å². The molecule has 3 rings (SSSR count). The molecule has 1 aromatic carbocycles. The van der Waals surface area contributed by atoms with Gasteiger partial charge >= 0.3 is 0 Å². The fourth-order valence-electron chi connectivity index (χ4n) is 2.43. The van der Waals surface area contributed by atoms with E-state index in [0.29, 0.717) is 24.7 Å². The number of hydrogen-bond donors (Lipinski definition) is 0. The zero-order chi connectivity index (χ0) is 17.6. The van der Waals surface area contributed by atoms with Crippen LogP contribution in [0.2, 0.25) is 0 Å². The van der Waals surface area contributed by atoms with E-state index in [0.717, 1.165) is 19.2 Å². The largest absolute Gasteiger partial charge is 0.494 e. The molecule has 1 aliphatic rings. The quantitative estimate of drug-likeness (QED) is 0.613. The fourth-order valence-corrected chi connectivity index (χ4v) is 2.43. The lowest BCUT2D eigenvalue weighted by atomic mass is 10.1. The van der Waals surface area contributed by atoms with E-state index in [9.17, 15) is 9.18 Å². The highest BCUT2D eigenvalue weighted by molar-refractivity contribution is 6.06. The fraction of sp³-hybridized carbons (Fsp3) is 0.278. The molecule has 0 atom stereocenters. The Morgan fingerprint density at radius 2 is 2.00 bits per heavy atom. The van der Waals surface area contributed by atoms with E-state index in [1.165, 1.54) is 25.3 Å². The van der Waals surface area contributed by atoms with Crippen molar-refractivity contribution in [2.24, 2.45) is 0 Å². The van der Waals surface area contributed by atoms with Crippen LogP contribution >= 0.6 is 0 Å². The first-order valence-electron chi connectivity index (χ1n) is 7.88. The minimum atomic E-state index is -0.569. The minimum Gasteiger partial charge on any atom is -0.494 e. The number of benzene rings is 1. The van der Waals surface area contributed by atoms with Gasteiger partial charge in [-0.2, -0.15) is 0 Å². The van der Waals surface area contributed by atoms with Crippen molar-refractivity contribution in [1.29, 1.82) is 0 Å². The number of aromatic nitrogens is 2. The molecule has 25 heavy (non-hydrogen) atoms. The van der Waals surface area contributed by atoms with Gasteiger partial charge in [0.25, 0.3) is 0 Å². The van der Waals surface area contributed by atoms with Crippen LogP contribution in [0.5, 0.6) is 5.75 Å². The molecule has 0 saturated carbocycles. The van der Waals surface area contributed by atoms with Gasteiger partial charge in [-0.25, -0.2) is 14.4 Å². The number of nitrogens with zero attached hydrogens (tertiary/aromatic N) is 3. The van der Waals surface area contributed by atoms with E-state index < -0.39 is 5.82 Å². The van der Waals surface area contributed by atoms with Crippen LogP contribution in [0, 0.1) is 5.82 Å². The van der Waals surface area contributed by atoms with Crippen molar-refractivity contribution < 1.29 is 18.7 Å². The molecule has 0 unspecified atom stereocenters. The minimum absolute atomic E-state index is 0.104. The average Bonchev–Trinajstić information content (AvgIpc) is 2.67. The summed E-state index contributed by atoms with van der Waals surface area (Å²) in [4.78, 5) is 22.8. The molecule has 0 N–H and O–H groups in total. The topological polar surface area (TPSA) is 64.5 Å². The molecule has 2 heterocycles. The Balaban J connectivity index is 1.66. The smallest absolute Gasteiger partial charge is 0.225 e. The highest BCUT2D eigenvalue weighted by Crippen LogP contribution is 2.18. The molecule has 1 saturated heterocycles. The summed E-state index contributed by atoms with van der Waals surface area (Å²) in [6, 6.07) is 4.10. The maximum absolute atomic E-state index is 13.7. The number of carbonyl (C=O) groups is 1. The van der Waals surface area contributed by atoms with Crippen LogP contribution in [-0.2, 0) is 4.74 Å². The van der Waals surface area contributed by atoms with Crippen LogP contribution in [0.1, 0.15) is 15.9 Å². The summed E-state index contributed by atoms with van der Waals surface area (Å²) in [5.41, 5.74) is 0.944. The zero-order valence-corrected chi connectivity index (χ0v) is 13.8. The van der Waals surface area contributed by atoms with Gasteiger partial charge in [-0.05, 0) is 30.4 Å². The summed E-state index contributed by atoms with van der Waals surface area (Å²) in [5.74, 6) is -0.129. The first-order chi connectivity index (χ1) is 12.2. The van der Waals surface area contributed by atoms with Gasteiger partial charge in [-0.3, -0.25) is 4.79 Å². The monoisotopic (exact) mass is 343 g/mol. The van der Waals surface area contributed by atoms with Crippen molar-refractivity contribution in [2.45, 2.75) is 0 Å². The molecule has 0 spiro atoms. The number of ether oxygens (including phenoxy) is 2. The summed E-state index contributed by atoms with van der Waals surface area (Å²) < 4.78 is 23.8. The van der Waals surface area contributed by atoms with Crippen molar-refractivity contribution in [3.63, 3.8) is 0 Å². The predicted octanol–water partition coefficient (Wildman–Crippen LogP) is 2.36. The first-order valence-corrected chi connectivity index (χ1v) is 7.88. The van der Waals surface area contributed by atoms with Crippen LogP contribution < -0.4 is 9.64 Å². The van der Waals surface area contributed by atoms with E-state index in [1.807, 2.05) is 4.90 Å². The number of anilines is 1. The number of morpholine rings is 1. The van der Waals surface area contributed by atoms with Crippen LogP contribution in [0.25, 0.3) is 6.08 Å². The molecular weight excluding hydrogens is 325 g/mol. The molecule has 6 nitrogen and oxygen atoms in total. The van der Waals surface area contributed by atoms with E-state index >= 15 is 0 Å². The Morgan fingerprint density at radius 1 is 1.28 bits per heavy atom. The van der Waals surface area contributed by atoms with E-state index in [2.05, 4.69) is 9.97 Å². The highest BCUT2D eigenvalue weighted by Gasteiger charge is 2.13. The maximum Gasteiger partial charge on any atom is 0.225 e. The van der Waals surface area contributed by atoms with E-state index in [-0.39, 0.29) is 17.1 Å². The van der Waals surface area contributed by atoms with Crippen LogP contribution in [0.15, 0.2) is 36.7 Å². The standard InChI is InChI=1S/C18H18FN3O3/c1-24-17-5-3-14(10-15(17)19)16(23)4-2-13-11-20-18(21-12-13)22-6-8-25-9-7-22/h2-5,10-12H,6-9H2,1H3. The van der Waals surface area contributed by atoms with Crippen molar-refractivity contribution >= 4 is 17.8 Å². The lowest BCUT2D eigenvalue weighted by Crippen LogP contribution is -2.37. The first kappa shape index (κ1) is 17.0. The highest BCUT2D eigenvalue weighted by atomic mass is 19.1. The second kappa shape index (κ2) is 7.85. The van der Waals surface area contributed by atoms with Gasteiger partial charge in [-0.1, -0.05) is 0 Å². The van der Waals surface area contributed by atoms with Gasteiger partial charge in [0.15, 0.2) is 17.3 Å². The Labute approximate surface area is 144 Å². The normalized spacial score (nSPS) is 14.7. The number of methoxy groups -OCH3 is 1. The molecule has 0 amide bonds. The van der Waals surface area contributed by atoms with E-state index in [4.69, 9.17) is 9.47 Å². The Morgan fingerprint density at radius 3 is 2.64 bits per heavy atom. The van der Waals surface area contributed by atoms with E-state index in [1.54, 1.807) is 18.5 Å². The Kier molecular flexibility index (Phi) is 5.35. The summed E-state index contributed by atoms with van der Waals surface area (Å²) in [7, 11) is 1.38. The summed E-state index contributed by atoms with van der Waals surface area (Å²) in [5, 5.41) is 0.